The van der Waals surface area contributed by atoms with Gasteiger partial charge in [0.25, 0.3) is 0 Å². The highest BCUT2D eigenvalue weighted by Crippen LogP contribution is 2.10. The lowest BCUT2D eigenvalue weighted by molar-refractivity contribution is -0.130. The molecule has 1 aromatic rings. The van der Waals surface area contributed by atoms with Crippen LogP contribution < -0.4 is 0 Å². The van der Waals surface area contributed by atoms with Gasteiger partial charge in [-0.2, -0.15) is 0 Å². The van der Waals surface area contributed by atoms with Gasteiger partial charge in [0.2, 0.25) is 5.91 Å². The molecule has 0 atom stereocenters. The summed E-state index contributed by atoms with van der Waals surface area (Å²) in [6.45, 7) is 0.560. The average Bonchev–Trinajstić information content (AvgIpc) is 2.28. The molecule has 0 fully saturated rings. The number of hydrogen-bond donors (Lipinski definition) is 1. The molecule has 1 aromatic carbocycles. The number of likely N-dealkylation sites (N-methyl/N-ethyl adjacent to an activating group) is 1. The normalized spacial score (nSPS) is 10.2. The summed E-state index contributed by atoms with van der Waals surface area (Å²) in [5.41, 5.74) is 1.15. The fourth-order valence-electron chi connectivity index (χ4n) is 1.36. The Labute approximate surface area is 101 Å². The lowest BCUT2D eigenvalue weighted by Gasteiger charge is -2.16. The van der Waals surface area contributed by atoms with Crippen molar-refractivity contribution in [3.63, 3.8) is 0 Å². The van der Waals surface area contributed by atoms with Gasteiger partial charge < -0.3 is 10.0 Å². The van der Waals surface area contributed by atoms with Gasteiger partial charge in [0.05, 0.1) is 6.61 Å². The third-order valence-electron chi connectivity index (χ3n) is 2.40. The predicted molar refractivity (Wildman–Crippen MR) is 64.5 cm³/mol. The van der Waals surface area contributed by atoms with Crippen molar-refractivity contribution in [2.75, 3.05) is 20.2 Å². The molecule has 0 aromatic heterocycles. The number of rotatable bonds is 5. The molecule has 0 aliphatic heterocycles. The summed E-state index contributed by atoms with van der Waals surface area (Å²) in [5, 5.41) is 9.36. The summed E-state index contributed by atoms with van der Waals surface area (Å²) in [6, 6.07) is 7.58. The van der Waals surface area contributed by atoms with Crippen LogP contribution in [-0.4, -0.2) is 36.1 Å². The van der Waals surface area contributed by atoms with Crippen LogP contribution in [0.15, 0.2) is 24.3 Å². The minimum absolute atomic E-state index is 0.0311. The molecule has 88 valence electrons. The largest absolute Gasteiger partial charge is 0.396 e. The van der Waals surface area contributed by atoms with Gasteiger partial charge in [-0.05, 0) is 24.1 Å². The van der Waals surface area contributed by atoms with E-state index in [4.69, 9.17) is 16.7 Å². The predicted octanol–water partition coefficient (Wildman–Crippen LogP) is 1.72. The molecule has 1 amide bonds. The summed E-state index contributed by atoms with van der Waals surface area (Å²) < 4.78 is 0. The number of aliphatic hydroxyl groups excluding tert-OH is 1. The molecule has 4 heteroatoms. The Balaban J connectivity index is 2.39. The second-order valence-corrected chi connectivity index (χ2v) is 4.10. The quantitative estimate of drug-likeness (QED) is 0.853. The van der Waals surface area contributed by atoms with Crippen molar-refractivity contribution < 1.29 is 9.90 Å². The van der Waals surface area contributed by atoms with Crippen LogP contribution in [0.5, 0.6) is 0 Å². The second kappa shape index (κ2) is 6.51. The molecule has 1 N–H and O–H groups in total. The first-order valence-corrected chi connectivity index (χ1v) is 5.60. The Morgan fingerprint density at radius 3 is 2.56 bits per heavy atom. The summed E-state index contributed by atoms with van der Waals surface area (Å²) in [7, 11) is 1.74. The highest BCUT2D eigenvalue weighted by atomic mass is 35.5. The van der Waals surface area contributed by atoms with Crippen LogP contribution in [0, 0.1) is 0 Å². The lowest BCUT2D eigenvalue weighted by Crippen LogP contribution is -2.29. The Kier molecular flexibility index (Phi) is 5.29. The van der Waals surface area contributed by atoms with Gasteiger partial charge in [-0.3, -0.25) is 4.79 Å². The van der Waals surface area contributed by atoms with Crippen LogP contribution >= 0.6 is 11.6 Å². The zero-order chi connectivity index (χ0) is 12.0. The third kappa shape index (κ3) is 4.21. The number of nitrogens with zero attached hydrogens (tertiary/aromatic N) is 1. The van der Waals surface area contributed by atoms with Crippen LogP contribution in [0.3, 0.4) is 0 Å². The van der Waals surface area contributed by atoms with Crippen molar-refractivity contribution in [3.05, 3.63) is 34.9 Å². The van der Waals surface area contributed by atoms with Gasteiger partial charge in [0.1, 0.15) is 0 Å². The first-order chi connectivity index (χ1) is 7.63. The molecule has 0 radical (unpaired) electrons. The number of benzene rings is 1. The molecule has 0 aliphatic rings. The molecule has 0 bridgehead atoms. The van der Waals surface area contributed by atoms with E-state index in [2.05, 4.69) is 0 Å². The SMILES string of the molecule is CN(CCc1ccc(Cl)cc1)C(=O)CCO. The minimum Gasteiger partial charge on any atom is -0.396 e. The Morgan fingerprint density at radius 1 is 1.38 bits per heavy atom. The van der Waals surface area contributed by atoms with Crippen molar-refractivity contribution in [1.82, 2.24) is 4.90 Å². The van der Waals surface area contributed by atoms with Crippen molar-refractivity contribution in [2.24, 2.45) is 0 Å². The zero-order valence-corrected chi connectivity index (χ0v) is 10.1. The molecule has 0 saturated carbocycles. The smallest absolute Gasteiger partial charge is 0.224 e. The van der Waals surface area contributed by atoms with Crippen molar-refractivity contribution >= 4 is 17.5 Å². The van der Waals surface area contributed by atoms with E-state index in [1.807, 2.05) is 24.3 Å². The van der Waals surface area contributed by atoms with E-state index in [0.717, 1.165) is 12.0 Å². The Bertz CT molecular complexity index is 337. The van der Waals surface area contributed by atoms with Crippen molar-refractivity contribution in [3.8, 4) is 0 Å². The van der Waals surface area contributed by atoms with E-state index < -0.39 is 0 Å². The van der Waals surface area contributed by atoms with Gasteiger partial charge in [0, 0.05) is 25.0 Å². The summed E-state index contributed by atoms with van der Waals surface area (Å²) >= 11 is 5.77. The third-order valence-corrected chi connectivity index (χ3v) is 2.65. The molecule has 16 heavy (non-hydrogen) atoms. The monoisotopic (exact) mass is 241 g/mol. The summed E-state index contributed by atoms with van der Waals surface area (Å²) in [4.78, 5) is 13.0. The van der Waals surface area contributed by atoms with Crippen LogP contribution in [0.2, 0.25) is 5.02 Å². The fourth-order valence-corrected chi connectivity index (χ4v) is 1.49. The number of carbonyl (C=O) groups excluding carboxylic acids is 1. The Morgan fingerprint density at radius 2 is 2.00 bits per heavy atom. The number of halogens is 1. The van der Waals surface area contributed by atoms with Crippen molar-refractivity contribution in [1.29, 1.82) is 0 Å². The zero-order valence-electron chi connectivity index (χ0n) is 9.32. The lowest BCUT2D eigenvalue weighted by atomic mass is 10.1. The molecular formula is C12H16ClNO2. The van der Waals surface area contributed by atoms with E-state index in [-0.39, 0.29) is 18.9 Å². The van der Waals surface area contributed by atoms with E-state index >= 15 is 0 Å². The fraction of sp³-hybridized carbons (Fsp3) is 0.417. The topological polar surface area (TPSA) is 40.5 Å². The molecule has 0 spiro atoms. The van der Waals surface area contributed by atoms with Gasteiger partial charge in [0.15, 0.2) is 0 Å². The molecule has 3 nitrogen and oxygen atoms in total. The molecule has 0 aliphatic carbocycles. The maximum atomic E-state index is 11.4. The average molecular weight is 242 g/mol. The maximum absolute atomic E-state index is 11.4. The number of carbonyl (C=O) groups is 1. The van der Waals surface area contributed by atoms with E-state index in [1.54, 1.807) is 11.9 Å². The second-order valence-electron chi connectivity index (χ2n) is 3.67. The van der Waals surface area contributed by atoms with E-state index in [1.165, 1.54) is 0 Å². The molecular weight excluding hydrogens is 226 g/mol. The molecule has 0 heterocycles. The first-order valence-electron chi connectivity index (χ1n) is 5.22. The number of hydrogen-bond acceptors (Lipinski definition) is 2. The highest BCUT2D eigenvalue weighted by molar-refractivity contribution is 6.30. The number of amides is 1. The van der Waals surface area contributed by atoms with Gasteiger partial charge in [-0.15, -0.1) is 0 Å². The van der Waals surface area contributed by atoms with Crippen LogP contribution in [0.1, 0.15) is 12.0 Å². The van der Waals surface area contributed by atoms with Crippen LogP contribution in [0.4, 0.5) is 0 Å². The minimum atomic E-state index is -0.0931. The van der Waals surface area contributed by atoms with Crippen LogP contribution in [0.25, 0.3) is 0 Å². The maximum Gasteiger partial charge on any atom is 0.224 e. The summed E-state index contributed by atoms with van der Waals surface area (Å²) in [6.07, 6.45) is 0.988. The number of aliphatic hydroxyl groups is 1. The van der Waals surface area contributed by atoms with Gasteiger partial charge in [-0.25, -0.2) is 0 Å². The standard InChI is InChI=1S/C12H16ClNO2/c1-14(12(16)7-9-15)8-6-10-2-4-11(13)5-3-10/h2-5,15H,6-9H2,1H3. The highest BCUT2D eigenvalue weighted by Gasteiger charge is 2.07. The van der Waals surface area contributed by atoms with E-state index in [9.17, 15) is 4.79 Å². The van der Waals surface area contributed by atoms with Crippen LogP contribution in [-0.2, 0) is 11.2 Å². The van der Waals surface area contributed by atoms with Gasteiger partial charge in [-0.1, -0.05) is 23.7 Å². The molecule has 0 saturated heterocycles. The molecule has 1 rings (SSSR count). The Hall–Kier alpha value is -1.06. The first kappa shape index (κ1) is 13.0. The van der Waals surface area contributed by atoms with E-state index in [0.29, 0.717) is 11.6 Å². The summed E-state index contributed by atoms with van der Waals surface area (Å²) in [5.74, 6) is -0.0311. The van der Waals surface area contributed by atoms with Crippen molar-refractivity contribution in [2.45, 2.75) is 12.8 Å². The van der Waals surface area contributed by atoms with Gasteiger partial charge >= 0.3 is 0 Å². The molecule has 0 unspecified atom stereocenters.